The zero-order valence-electron chi connectivity index (χ0n) is 7.40. The van der Waals surface area contributed by atoms with Crippen molar-refractivity contribution in [3.05, 3.63) is 28.5 Å². The zero-order valence-corrected chi connectivity index (χ0v) is 8.98. The second-order valence-corrected chi connectivity index (χ2v) is 3.42. The topological polar surface area (TPSA) is 43.6 Å². The highest BCUT2D eigenvalue weighted by atomic mass is 79.9. The van der Waals surface area contributed by atoms with Crippen molar-refractivity contribution in [2.75, 3.05) is 7.11 Å². The Hall–Kier alpha value is -1.36. The Morgan fingerprint density at radius 2 is 2.36 bits per heavy atom. The molecule has 2 aromatic heterocycles. The minimum Gasteiger partial charge on any atom is -0.482 e. The summed E-state index contributed by atoms with van der Waals surface area (Å²) < 4.78 is 7.30. The first-order chi connectivity index (χ1) is 6.77. The summed E-state index contributed by atoms with van der Waals surface area (Å²) in [7, 11) is 1.55. The molecule has 0 N–H and O–H groups in total. The van der Waals surface area contributed by atoms with Gasteiger partial charge in [-0.05, 0) is 28.1 Å². The molecule has 0 unspecified atom stereocenters. The molecule has 0 aliphatic carbocycles. The van der Waals surface area contributed by atoms with E-state index in [2.05, 4.69) is 20.9 Å². The van der Waals surface area contributed by atoms with Gasteiger partial charge in [0.25, 0.3) is 0 Å². The number of hydrogen-bond donors (Lipinski definition) is 0. The van der Waals surface area contributed by atoms with Crippen molar-refractivity contribution in [3.63, 3.8) is 0 Å². The maximum Gasteiger partial charge on any atom is 0.199 e. The first-order valence-electron chi connectivity index (χ1n) is 3.94. The molecule has 4 nitrogen and oxygen atoms in total. The van der Waals surface area contributed by atoms with Crippen LogP contribution in [0.5, 0.6) is 5.88 Å². The highest BCUT2D eigenvalue weighted by Crippen LogP contribution is 2.22. The van der Waals surface area contributed by atoms with E-state index in [0.29, 0.717) is 21.8 Å². The molecule has 2 aromatic rings. The van der Waals surface area contributed by atoms with Gasteiger partial charge < -0.3 is 4.74 Å². The highest BCUT2D eigenvalue weighted by molar-refractivity contribution is 9.10. The van der Waals surface area contributed by atoms with Gasteiger partial charge in [0.2, 0.25) is 0 Å². The summed E-state index contributed by atoms with van der Waals surface area (Å²) in [5, 5.41) is 0. The predicted molar refractivity (Wildman–Crippen MR) is 54.8 cm³/mol. The molecule has 5 heteroatoms. The van der Waals surface area contributed by atoms with E-state index >= 15 is 0 Å². The lowest BCUT2D eigenvalue weighted by Crippen LogP contribution is -1.97. The number of pyridine rings is 1. The number of nitrogens with zero attached hydrogens (tertiary/aromatic N) is 2. The number of methoxy groups -OCH3 is 1. The number of hydrogen-bond acceptors (Lipinski definition) is 3. The van der Waals surface area contributed by atoms with Crippen LogP contribution in [0.3, 0.4) is 0 Å². The molecule has 0 spiro atoms. The second kappa shape index (κ2) is 3.42. The first-order valence-corrected chi connectivity index (χ1v) is 4.73. The van der Waals surface area contributed by atoms with Crippen molar-refractivity contribution in [2.45, 2.75) is 0 Å². The van der Waals surface area contributed by atoms with Gasteiger partial charge >= 0.3 is 0 Å². The van der Waals surface area contributed by atoms with Crippen LogP contribution in [0.1, 0.15) is 10.5 Å². The number of halogens is 1. The maximum absolute atomic E-state index is 10.8. The molecule has 2 rings (SSSR count). The summed E-state index contributed by atoms with van der Waals surface area (Å²) in [5.41, 5.74) is 1.13. The molecule has 0 radical (unpaired) electrons. The summed E-state index contributed by atoms with van der Waals surface area (Å²) >= 11 is 3.21. The zero-order chi connectivity index (χ0) is 10.1. The molecule has 0 aliphatic heterocycles. The Labute approximate surface area is 88.6 Å². The standard InChI is InChI=1S/C9H7BrN2O2/c1-14-8-4-2-3-7-11-9(10)6(5-13)12(7)8/h2-5H,1H3. The van der Waals surface area contributed by atoms with Gasteiger partial charge in [0.15, 0.2) is 12.2 Å². The third kappa shape index (κ3) is 1.21. The van der Waals surface area contributed by atoms with Crippen LogP contribution in [-0.2, 0) is 0 Å². The van der Waals surface area contributed by atoms with Crippen LogP contribution in [0.2, 0.25) is 0 Å². The number of imidazole rings is 1. The third-order valence-corrected chi connectivity index (χ3v) is 2.50. The Kier molecular flexibility index (Phi) is 2.25. The van der Waals surface area contributed by atoms with Crippen LogP contribution in [-0.4, -0.2) is 22.8 Å². The lowest BCUT2D eigenvalue weighted by molar-refractivity contribution is 0.111. The highest BCUT2D eigenvalue weighted by Gasteiger charge is 2.11. The number of ether oxygens (including phenoxy) is 1. The van der Waals surface area contributed by atoms with Crippen LogP contribution < -0.4 is 4.74 Å². The minimum absolute atomic E-state index is 0.456. The molecule has 0 saturated heterocycles. The summed E-state index contributed by atoms with van der Waals surface area (Å²) in [6.07, 6.45) is 0.743. The molecule has 72 valence electrons. The van der Waals surface area contributed by atoms with Crippen molar-refractivity contribution in [2.24, 2.45) is 0 Å². The van der Waals surface area contributed by atoms with E-state index in [4.69, 9.17) is 4.74 Å². The van der Waals surface area contributed by atoms with E-state index in [-0.39, 0.29) is 0 Å². The first kappa shape index (κ1) is 9.21. The van der Waals surface area contributed by atoms with Gasteiger partial charge in [0, 0.05) is 0 Å². The van der Waals surface area contributed by atoms with Crippen LogP contribution in [0.25, 0.3) is 5.65 Å². The molecule has 0 aromatic carbocycles. The smallest absolute Gasteiger partial charge is 0.199 e. The number of fused-ring (bicyclic) bond motifs is 1. The van der Waals surface area contributed by atoms with E-state index in [1.54, 1.807) is 23.6 Å². The fourth-order valence-corrected chi connectivity index (χ4v) is 1.77. The predicted octanol–water partition coefficient (Wildman–Crippen LogP) is 1.92. The second-order valence-electron chi connectivity index (χ2n) is 2.67. The van der Waals surface area contributed by atoms with Gasteiger partial charge in [0.05, 0.1) is 7.11 Å². The number of rotatable bonds is 2. The monoisotopic (exact) mass is 254 g/mol. The quantitative estimate of drug-likeness (QED) is 0.770. The van der Waals surface area contributed by atoms with Crippen molar-refractivity contribution in [1.29, 1.82) is 0 Å². The third-order valence-electron chi connectivity index (χ3n) is 1.92. The Bertz CT molecular complexity index is 493. The number of carbonyl (C=O) groups excluding carboxylic acids is 1. The number of carbonyl (C=O) groups is 1. The van der Waals surface area contributed by atoms with Crippen molar-refractivity contribution >= 4 is 27.9 Å². The lowest BCUT2D eigenvalue weighted by Gasteiger charge is -2.03. The number of aldehydes is 1. The molecular weight excluding hydrogens is 248 g/mol. The Balaban J connectivity index is 2.89. The Morgan fingerprint density at radius 1 is 1.57 bits per heavy atom. The summed E-state index contributed by atoms with van der Waals surface area (Å²) in [5.74, 6) is 0.586. The molecule has 0 aliphatic rings. The summed E-state index contributed by atoms with van der Waals surface area (Å²) in [6.45, 7) is 0. The molecule has 0 atom stereocenters. The molecule has 14 heavy (non-hydrogen) atoms. The molecule has 0 fully saturated rings. The van der Waals surface area contributed by atoms with Gasteiger partial charge in [-0.2, -0.15) is 0 Å². The average molecular weight is 255 g/mol. The van der Waals surface area contributed by atoms with Gasteiger partial charge in [-0.3, -0.25) is 9.20 Å². The van der Waals surface area contributed by atoms with Crippen LogP contribution in [0.15, 0.2) is 22.8 Å². The maximum atomic E-state index is 10.8. The molecule has 2 heterocycles. The van der Waals surface area contributed by atoms with Crippen molar-refractivity contribution in [1.82, 2.24) is 9.38 Å². The van der Waals surface area contributed by atoms with Crippen LogP contribution in [0, 0.1) is 0 Å². The Morgan fingerprint density at radius 3 is 3.00 bits per heavy atom. The van der Waals surface area contributed by atoms with Gasteiger partial charge in [-0.15, -0.1) is 0 Å². The average Bonchev–Trinajstić information content (AvgIpc) is 2.52. The van der Waals surface area contributed by atoms with Crippen LogP contribution >= 0.6 is 15.9 Å². The fourth-order valence-electron chi connectivity index (χ4n) is 1.32. The number of aromatic nitrogens is 2. The normalized spacial score (nSPS) is 10.4. The summed E-state index contributed by atoms with van der Waals surface area (Å²) in [4.78, 5) is 15.0. The van der Waals surface area contributed by atoms with Crippen molar-refractivity contribution < 1.29 is 9.53 Å². The van der Waals surface area contributed by atoms with E-state index in [9.17, 15) is 4.79 Å². The van der Waals surface area contributed by atoms with E-state index in [1.165, 1.54) is 0 Å². The molecule has 0 amide bonds. The van der Waals surface area contributed by atoms with Crippen molar-refractivity contribution in [3.8, 4) is 5.88 Å². The molecule has 0 saturated carbocycles. The SMILES string of the molecule is COc1cccc2nc(Br)c(C=O)n12. The summed E-state index contributed by atoms with van der Waals surface area (Å²) in [6, 6.07) is 5.40. The molecule has 0 bridgehead atoms. The largest absolute Gasteiger partial charge is 0.482 e. The van der Waals surface area contributed by atoms with E-state index in [0.717, 1.165) is 6.29 Å². The van der Waals surface area contributed by atoms with Gasteiger partial charge in [-0.25, -0.2) is 4.98 Å². The minimum atomic E-state index is 0.456. The van der Waals surface area contributed by atoms with Gasteiger partial charge in [0.1, 0.15) is 15.9 Å². The molecular formula is C9H7BrN2O2. The lowest BCUT2D eigenvalue weighted by atomic mass is 10.4. The fraction of sp³-hybridized carbons (Fsp3) is 0.111. The van der Waals surface area contributed by atoms with Gasteiger partial charge in [-0.1, -0.05) is 6.07 Å². The van der Waals surface area contributed by atoms with Crippen LogP contribution in [0.4, 0.5) is 0 Å². The van der Waals surface area contributed by atoms with E-state index < -0.39 is 0 Å². The van der Waals surface area contributed by atoms with E-state index in [1.807, 2.05) is 6.07 Å².